The summed E-state index contributed by atoms with van der Waals surface area (Å²) in [6.07, 6.45) is 1.27. The third-order valence-electron chi connectivity index (χ3n) is 2.90. The van der Waals surface area contributed by atoms with Gasteiger partial charge >= 0.3 is 0 Å². The van der Waals surface area contributed by atoms with Crippen molar-refractivity contribution in [3.63, 3.8) is 0 Å². The van der Waals surface area contributed by atoms with Crippen molar-refractivity contribution >= 4 is 0 Å². The van der Waals surface area contributed by atoms with E-state index >= 15 is 0 Å². The van der Waals surface area contributed by atoms with Crippen molar-refractivity contribution in [2.24, 2.45) is 17.8 Å². The smallest absolute Gasteiger partial charge is 0.0490 e. The second-order valence-electron chi connectivity index (χ2n) is 6.45. The topological polar surface area (TPSA) is 21.3 Å². The van der Waals surface area contributed by atoms with Crippen LogP contribution in [0.4, 0.5) is 0 Å². The van der Waals surface area contributed by atoms with Crippen LogP contribution in [0, 0.1) is 17.8 Å². The molecule has 98 valence electrons. The van der Waals surface area contributed by atoms with Crippen LogP contribution in [-0.2, 0) is 4.74 Å². The Balaban J connectivity index is 4.20. The van der Waals surface area contributed by atoms with Crippen molar-refractivity contribution < 1.29 is 4.74 Å². The highest BCUT2D eigenvalue weighted by molar-refractivity contribution is 4.76. The minimum Gasteiger partial charge on any atom is -0.384 e. The van der Waals surface area contributed by atoms with E-state index in [1.165, 1.54) is 6.42 Å². The van der Waals surface area contributed by atoms with Crippen LogP contribution in [0.15, 0.2) is 0 Å². The van der Waals surface area contributed by atoms with Crippen molar-refractivity contribution in [3.8, 4) is 0 Å². The number of nitrogens with one attached hydrogen (secondary N) is 1. The molecular weight excluding hydrogens is 198 g/mol. The zero-order valence-corrected chi connectivity index (χ0v) is 12.3. The summed E-state index contributed by atoms with van der Waals surface area (Å²) in [5.41, 5.74) is 0.210. The van der Waals surface area contributed by atoms with Gasteiger partial charge in [-0.3, -0.25) is 0 Å². The summed E-state index contributed by atoms with van der Waals surface area (Å²) in [4.78, 5) is 0. The number of ether oxygens (including phenoxy) is 1. The van der Waals surface area contributed by atoms with Gasteiger partial charge in [-0.2, -0.15) is 0 Å². The number of rotatable bonds is 7. The van der Waals surface area contributed by atoms with E-state index in [1.807, 2.05) is 0 Å². The van der Waals surface area contributed by atoms with E-state index in [4.69, 9.17) is 4.74 Å². The molecule has 0 saturated carbocycles. The molecule has 0 aliphatic rings. The molecule has 2 unspecified atom stereocenters. The van der Waals surface area contributed by atoms with E-state index in [-0.39, 0.29) is 5.54 Å². The zero-order chi connectivity index (χ0) is 12.8. The largest absolute Gasteiger partial charge is 0.384 e. The quantitative estimate of drug-likeness (QED) is 0.723. The molecule has 0 heterocycles. The van der Waals surface area contributed by atoms with E-state index in [0.717, 1.165) is 19.1 Å². The fourth-order valence-electron chi connectivity index (χ4n) is 1.96. The Morgan fingerprint density at radius 1 is 1.12 bits per heavy atom. The van der Waals surface area contributed by atoms with E-state index in [1.54, 1.807) is 7.11 Å². The lowest BCUT2D eigenvalue weighted by molar-refractivity contribution is 0.117. The van der Waals surface area contributed by atoms with Gasteiger partial charge in [0.1, 0.15) is 0 Å². The van der Waals surface area contributed by atoms with Crippen LogP contribution < -0.4 is 5.32 Å². The maximum absolute atomic E-state index is 5.27. The van der Waals surface area contributed by atoms with Gasteiger partial charge in [0.25, 0.3) is 0 Å². The highest BCUT2D eigenvalue weighted by Crippen LogP contribution is 2.21. The van der Waals surface area contributed by atoms with E-state index in [0.29, 0.717) is 11.8 Å². The van der Waals surface area contributed by atoms with Gasteiger partial charge in [0, 0.05) is 19.3 Å². The van der Waals surface area contributed by atoms with Crippen molar-refractivity contribution in [2.45, 2.75) is 53.5 Å². The van der Waals surface area contributed by atoms with Crippen LogP contribution >= 0.6 is 0 Å². The highest BCUT2D eigenvalue weighted by atomic mass is 16.5. The average molecular weight is 229 g/mol. The van der Waals surface area contributed by atoms with Crippen LogP contribution in [0.3, 0.4) is 0 Å². The second kappa shape index (κ2) is 7.29. The lowest BCUT2D eigenvalue weighted by Crippen LogP contribution is -2.41. The minimum atomic E-state index is 0.210. The van der Waals surface area contributed by atoms with Gasteiger partial charge in [0.2, 0.25) is 0 Å². The molecule has 0 aromatic carbocycles. The average Bonchev–Trinajstić information content (AvgIpc) is 2.10. The number of hydrogen-bond donors (Lipinski definition) is 1. The first-order chi connectivity index (χ1) is 7.26. The fourth-order valence-corrected chi connectivity index (χ4v) is 1.96. The standard InChI is InChI=1S/C14H31NO/c1-11(2)8-13(12(3)10-16-7)9-15-14(4,5)6/h11-13,15H,8-10H2,1-7H3. The summed E-state index contributed by atoms with van der Waals surface area (Å²) in [5.74, 6) is 2.09. The molecular formula is C14H31NO. The Bertz CT molecular complexity index is 172. The Morgan fingerprint density at radius 2 is 1.69 bits per heavy atom. The van der Waals surface area contributed by atoms with Gasteiger partial charge in [-0.15, -0.1) is 0 Å². The first-order valence-electron chi connectivity index (χ1n) is 6.50. The summed E-state index contributed by atoms with van der Waals surface area (Å²) in [7, 11) is 1.79. The van der Waals surface area contributed by atoms with Crippen LogP contribution in [0.5, 0.6) is 0 Å². The van der Waals surface area contributed by atoms with Crippen molar-refractivity contribution in [1.29, 1.82) is 0 Å². The van der Waals surface area contributed by atoms with E-state index < -0.39 is 0 Å². The first kappa shape index (κ1) is 15.9. The summed E-state index contributed by atoms with van der Waals surface area (Å²) < 4.78 is 5.27. The highest BCUT2D eigenvalue weighted by Gasteiger charge is 2.20. The molecule has 1 N–H and O–H groups in total. The SMILES string of the molecule is COCC(C)C(CNC(C)(C)C)CC(C)C. The van der Waals surface area contributed by atoms with Crippen molar-refractivity contribution in [3.05, 3.63) is 0 Å². The Hall–Kier alpha value is -0.0800. The third-order valence-corrected chi connectivity index (χ3v) is 2.90. The lowest BCUT2D eigenvalue weighted by Gasteiger charge is -2.30. The van der Waals surface area contributed by atoms with Crippen molar-refractivity contribution in [1.82, 2.24) is 5.32 Å². The van der Waals surface area contributed by atoms with Gasteiger partial charge < -0.3 is 10.1 Å². The molecule has 0 spiro atoms. The van der Waals surface area contributed by atoms with Crippen LogP contribution in [0.2, 0.25) is 0 Å². The predicted molar refractivity (Wildman–Crippen MR) is 71.7 cm³/mol. The number of methoxy groups -OCH3 is 1. The van der Waals surface area contributed by atoms with Gasteiger partial charge in [-0.05, 0) is 51.5 Å². The van der Waals surface area contributed by atoms with E-state index in [9.17, 15) is 0 Å². The van der Waals surface area contributed by atoms with Crippen molar-refractivity contribution in [2.75, 3.05) is 20.3 Å². The van der Waals surface area contributed by atoms with Crippen LogP contribution in [0.25, 0.3) is 0 Å². The fraction of sp³-hybridized carbons (Fsp3) is 1.00. The maximum Gasteiger partial charge on any atom is 0.0490 e. The maximum atomic E-state index is 5.27. The summed E-state index contributed by atoms with van der Waals surface area (Å²) >= 11 is 0. The number of hydrogen-bond acceptors (Lipinski definition) is 2. The molecule has 0 aromatic heterocycles. The predicted octanol–water partition coefficient (Wildman–Crippen LogP) is 3.32. The molecule has 0 saturated heterocycles. The van der Waals surface area contributed by atoms with Crippen LogP contribution in [0.1, 0.15) is 48.0 Å². The van der Waals surface area contributed by atoms with Gasteiger partial charge in [-0.25, -0.2) is 0 Å². The Kier molecular flexibility index (Phi) is 7.25. The zero-order valence-electron chi connectivity index (χ0n) is 12.3. The Morgan fingerprint density at radius 3 is 2.06 bits per heavy atom. The molecule has 0 aliphatic heterocycles. The van der Waals surface area contributed by atoms with Gasteiger partial charge in [0.05, 0.1) is 0 Å². The molecule has 0 aliphatic carbocycles. The molecule has 2 heteroatoms. The first-order valence-corrected chi connectivity index (χ1v) is 6.50. The molecule has 0 rings (SSSR count). The Labute approximate surface area is 102 Å². The molecule has 0 bridgehead atoms. The molecule has 0 radical (unpaired) electrons. The second-order valence-corrected chi connectivity index (χ2v) is 6.45. The van der Waals surface area contributed by atoms with Gasteiger partial charge in [-0.1, -0.05) is 20.8 Å². The summed E-state index contributed by atoms with van der Waals surface area (Å²) in [6.45, 7) is 15.5. The molecule has 0 amide bonds. The normalized spacial score (nSPS) is 16.5. The third kappa shape index (κ3) is 8.12. The summed E-state index contributed by atoms with van der Waals surface area (Å²) in [6, 6.07) is 0. The molecule has 16 heavy (non-hydrogen) atoms. The molecule has 0 aromatic rings. The molecule has 2 atom stereocenters. The molecule has 0 fully saturated rings. The minimum absolute atomic E-state index is 0.210. The lowest BCUT2D eigenvalue weighted by atomic mass is 9.86. The van der Waals surface area contributed by atoms with E-state index in [2.05, 4.69) is 46.9 Å². The molecule has 2 nitrogen and oxygen atoms in total. The monoisotopic (exact) mass is 229 g/mol. The van der Waals surface area contributed by atoms with Crippen LogP contribution in [-0.4, -0.2) is 25.8 Å². The van der Waals surface area contributed by atoms with Gasteiger partial charge in [0.15, 0.2) is 0 Å². The summed E-state index contributed by atoms with van der Waals surface area (Å²) in [5, 5.41) is 3.61.